The molecule has 16 heavy (non-hydrogen) atoms. The monoisotopic (exact) mass is 216 g/mol. The van der Waals surface area contributed by atoms with E-state index < -0.39 is 0 Å². The van der Waals surface area contributed by atoms with E-state index in [9.17, 15) is 9.59 Å². The Balaban J connectivity index is 2.70. The first kappa shape index (κ1) is 10.2. The van der Waals surface area contributed by atoms with Gasteiger partial charge in [-0.2, -0.15) is 0 Å². The zero-order valence-corrected chi connectivity index (χ0v) is 8.25. The van der Waals surface area contributed by atoms with Crippen molar-refractivity contribution < 1.29 is 19.1 Å². The average molecular weight is 216 g/mol. The van der Waals surface area contributed by atoms with E-state index in [1.54, 1.807) is 24.3 Å². The van der Waals surface area contributed by atoms with E-state index in [0.717, 1.165) is 5.39 Å². The highest BCUT2D eigenvalue weighted by molar-refractivity contribution is 5.95. The van der Waals surface area contributed by atoms with Crippen molar-refractivity contribution in [2.24, 2.45) is 0 Å². The van der Waals surface area contributed by atoms with Crippen LogP contribution in [0.1, 0.15) is 0 Å². The second-order valence-electron chi connectivity index (χ2n) is 3.04. The number of carbonyl (C=O) groups excluding carboxylic acids is 2. The summed E-state index contributed by atoms with van der Waals surface area (Å²) in [5.41, 5.74) is 0. The van der Waals surface area contributed by atoms with Gasteiger partial charge in [-0.15, -0.1) is 0 Å². The summed E-state index contributed by atoms with van der Waals surface area (Å²) in [6.45, 7) is 0.679. The summed E-state index contributed by atoms with van der Waals surface area (Å²) >= 11 is 0. The van der Waals surface area contributed by atoms with Gasteiger partial charge in [0.05, 0.1) is 5.39 Å². The third-order valence-electron chi connectivity index (χ3n) is 2.18. The summed E-state index contributed by atoms with van der Waals surface area (Å²) in [6.07, 6.45) is 0. The number of ether oxygens (including phenoxy) is 2. The smallest absolute Gasteiger partial charge is 0.298 e. The third kappa shape index (κ3) is 1.72. The van der Waals surface area contributed by atoms with E-state index >= 15 is 0 Å². The molecule has 0 aromatic heterocycles. The quantitative estimate of drug-likeness (QED) is 0.732. The molecule has 0 N–H and O–H groups in total. The molecule has 0 radical (unpaired) electrons. The van der Waals surface area contributed by atoms with E-state index in [4.69, 9.17) is 9.47 Å². The second kappa shape index (κ2) is 4.44. The zero-order valence-electron chi connectivity index (χ0n) is 8.25. The number of carbonyl (C=O) groups is 2. The Kier molecular flexibility index (Phi) is 2.82. The molecule has 4 nitrogen and oxygen atoms in total. The average Bonchev–Trinajstić information content (AvgIpc) is 2.30. The van der Waals surface area contributed by atoms with Gasteiger partial charge in [0.15, 0.2) is 0 Å². The molecule has 0 aliphatic heterocycles. The minimum atomic E-state index is 0.340. The summed E-state index contributed by atoms with van der Waals surface area (Å²) in [7, 11) is 0. The predicted octanol–water partition coefficient (Wildman–Crippen LogP) is 1.91. The Morgan fingerprint density at radius 3 is 1.75 bits per heavy atom. The predicted molar refractivity (Wildman–Crippen MR) is 57.3 cm³/mol. The van der Waals surface area contributed by atoms with Crippen LogP contribution in [0.2, 0.25) is 0 Å². The molecule has 0 heterocycles. The van der Waals surface area contributed by atoms with Crippen molar-refractivity contribution in [1.29, 1.82) is 0 Å². The Bertz CT molecular complexity index is 489. The summed E-state index contributed by atoms with van der Waals surface area (Å²) in [4.78, 5) is 20.7. The molecular weight excluding hydrogens is 208 g/mol. The second-order valence-corrected chi connectivity index (χ2v) is 3.04. The molecule has 0 fully saturated rings. The standard InChI is InChI=1S/C12H8O4/c13-7-15-10-5-1-3-9-4-2-6-11(12(9)10)16-8-14/h1-8H. The molecule has 2 aromatic carbocycles. The first-order valence-electron chi connectivity index (χ1n) is 4.59. The highest BCUT2D eigenvalue weighted by Gasteiger charge is 2.07. The fraction of sp³-hybridized carbons (Fsp3) is 0. The molecule has 0 saturated carbocycles. The van der Waals surface area contributed by atoms with Crippen LogP contribution in [0.5, 0.6) is 11.5 Å². The maximum absolute atomic E-state index is 10.4. The van der Waals surface area contributed by atoms with Gasteiger partial charge in [-0.05, 0) is 17.5 Å². The molecule has 0 spiro atoms. The highest BCUT2D eigenvalue weighted by Crippen LogP contribution is 2.33. The van der Waals surface area contributed by atoms with Crippen LogP contribution < -0.4 is 9.47 Å². The van der Waals surface area contributed by atoms with Crippen molar-refractivity contribution in [2.45, 2.75) is 0 Å². The lowest BCUT2D eigenvalue weighted by Crippen LogP contribution is -1.94. The van der Waals surface area contributed by atoms with Gasteiger partial charge in [-0.1, -0.05) is 24.3 Å². The molecular formula is C12H8O4. The number of rotatable bonds is 4. The fourth-order valence-corrected chi connectivity index (χ4v) is 1.57. The van der Waals surface area contributed by atoms with Crippen molar-refractivity contribution in [1.82, 2.24) is 0 Å². The Hall–Kier alpha value is -2.36. The van der Waals surface area contributed by atoms with E-state index in [1.807, 2.05) is 12.1 Å². The number of hydrogen-bond acceptors (Lipinski definition) is 4. The van der Waals surface area contributed by atoms with E-state index in [1.165, 1.54) is 0 Å². The van der Waals surface area contributed by atoms with Crippen LogP contribution in [0, 0.1) is 0 Å². The van der Waals surface area contributed by atoms with Crippen molar-refractivity contribution in [3.63, 3.8) is 0 Å². The third-order valence-corrected chi connectivity index (χ3v) is 2.18. The number of benzene rings is 2. The van der Waals surface area contributed by atoms with Crippen LogP contribution in [0.3, 0.4) is 0 Å². The molecule has 2 aromatic rings. The molecule has 0 aliphatic rings. The van der Waals surface area contributed by atoms with E-state index in [0.29, 0.717) is 29.8 Å². The number of hydrogen-bond donors (Lipinski definition) is 0. The number of fused-ring (bicyclic) bond motifs is 1. The molecule has 0 atom stereocenters. The summed E-state index contributed by atoms with van der Waals surface area (Å²) in [5.74, 6) is 0.731. The minimum absolute atomic E-state index is 0.340. The van der Waals surface area contributed by atoms with Crippen LogP contribution in [0.15, 0.2) is 36.4 Å². The topological polar surface area (TPSA) is 52.6 Å². The molecule has 0 aliphatic carbocycles. The molecule has 0 saturated heterocycles. The maximum Gasteiger partial charge on any atom is 0.298 e. The van der Waals surface area contributed by atoms with Crippen LogP contribution in [-0.4, -0.2) is 12.9 Å². The molecule has 0 unspecified atom stereocenters. The van der Waals surface area contributed by atoms with Gasteiger partial charge in [-0.25, -0.2) is 0 Å². The maximum atomic E-state index is 10.4. The van der Waals surface area contributed by atoms with Crippen molar-refractivity contribution in [3.05, 3.63) is 36.4 Å². The van der Waals surface area contributed by atoms with Gasteiger partial charge < -0.3 is 9.47 Å². The normalized spacial score (nSPS) is 9.75. The summed E-state index contributed by atoms with van der Waals surface area (Å²) in [6, 6.07) is 10.5. The summed E-state index contributed by atoms with van der Waals surface area (Å²) < 4.78 is 9.66. The molecule has 0 amide bonds. The van der Waals surface area contributed by atoms with Gasteiger partial charge >= 0.3 is 0 Å². The van der Waals surface area contributed by atoms with Crippen LogP contribution >= 0.6 is 0 Å². The van der Waals surface area contributed by atoms with E-state index in [2.05, 4.69) is 0 Å². The first-order valence-corrected chi connectivity index (χ1v) is 4.59. The Morgan fingerprint density at radius 1 is 0.812 bits per heavy atom. The van der Waals surface area contributed by atoms with Crippen molar-refractivity contribution in [2.75, 3.05) is 0 Å². The van der Waals surface area contributed by atoms with Crippen molar-refractivity contribution in [3.8, 4) is 11.5 Å². The van der Waals surface area contributed by atoms with Gasteiger partial charge in [-0.3, -0.25) is 9.59 Å². The van der Waals surface area contributed by atoms with Gasteiger partial charge in [0.2, 0.25) is 0 Å². The summed E-state index contributed by atoms with van der Waals surface area (Å²) in [5, 5.41) is 1.43. The molecule has 80 valence electrons. The van der Waals surface area contributed by atoms with Crippen LogP contribution in [-0.2, 0) is 9.59 Å². The molecule has 0 bridgehead atoms. The SMILES string of the molecule is O=COc1cccc2cccc(OC=O)c12. The zero-order chi connectivity index (χ0) is 11.4. The lowest BCUT2D eigenvalue weighted by Gasteiger charge is -2.07. The largest absolute Gasteiger partial charge is 0.428 e. The minimum Gasteiger partial charge on any atom is -0.428 e. The lowest BCUT2D eigenvalue weighted by atomic mass is 10.1. The molecule has 4 heteroatoms. The van der Waals surface area contributed by atoms with Crippen LogP contribution in [0.4, 0.5) is 0 Å². The first-order chi connectivity index (χ1) is 7.86. The lowest BCUT2D eigenvalue weighted by molar-refractivity contribution is -0.121. The highest BCUT2D eigenvalue weighted by atomic mass is 16.5. The van der Waals surface area contributed by atoms with E-state index in [-0.39, 0.29) is 0 Å². The Morgan fingerprint density at radius 2 is 1.31 bits per heavy atom. The van der Waals surface area contributed by atoms with Gasteiger partial charge in [0, 0.05) is 0 Å². The van der Waals surface area contributed by atoms with Gasteiger partial charge in [0.1, 0.15) is 11.5 Å². The Labute approximate surface area is 91.4 Å². The fourth-order valence-electron chi connectivity index (χ4n) is 1.57. The molecule has 2 rings (SSSR count). The van der Waals surface area contributed by atoms with Gasteiger partial charge in [0.25, 0.3) is 12.9 Å². The van der Waals surface area contributed by atoms with Crippen molar-refractivity contribution >= 4 is 23.7 Å². The van der Waals surface area contributed by atoms with Crippen LogP contribution in [0.25, 0.3) is 10.8 Å².